The molecule has 1 rings (SSSR count). The lowest BCUT2D eigenvalue weighted by Crippen LogP contribution is -2.22. The van der Waals surface area contributed by atoms with E-state index in [9.17, 15) is 5.11 Å². The topological polar surface area (TPSA) is 46.2 Å². The average molecular weight is 222 g/mol. The van der Waals surface area contributed by atoms with Crippen molar-refractivity contribution in [1.82, 2.24) is 0 Å². The fourth-order valence-electron chi connectivity index (χ4n) is 0.964. The van der Waals surface area contributed by atoms with Crippen molar-refractivity contribution in [3.8, 4) is 0 Å². The molecule has 13 heavy (non-hydrogen) atoms. The molecule has 2 atom stereocenters. The van der Waals surface area contributed by atoms with Crippen LogP contribution in [0.1, 0.15) is 18.5 Å². The van der Waals surface area contributed by atoms with Crippen LogP contribution in [0.25, 0.3) is 0 Å². The van der Waals surface area contributed by atoms with Gasteiger partial charge in [-0.1, -0.05) is 23.7 Å². The Labute approximate surface area is 89.1 Å². The summed E-state index contributed by atoms with van der Waals surface area (Å²) in [5.41, 5.74) is 6.59. The Morgan fingerprint density at radius 3 is 2.15 bits per heavy atom. The van der Waals surface area contributed by atoms with Crippen LogP contribution in [0.3, 0.4) is 0 Å². The molecule has 0 amide bonds. The molecule has 0 unspecified atom stereocenters. The smallest absolute Gasteiger partial charge is 0.0704 e. The number of aliphatic hydroxyl groups excluding tert-OH is 1. The second-order valence-electron chi connectivity index (χ2n) is 2.82. The van der Waals surface area contributed by atoms with Gasteiger partial charge in [0.25, 0.3) is 0 Å². The van der Waals surface area contributed by atoms with E-state index in [1.165, 1.54) is 0 Å². The third-order valence-electron chi connectivity index (χ3n) is 1.77. The molecule has 0 aliphatic carbocycles. The highest BCUT2D eigenvalue weighted by Gasteiger charge is 2.10. The van der Waals surface area contributed by atoms with Crippen molar-refractivity contribution in [2.75, 3.05) is 0 Å². The minimum Gasteiger partial charge on any atom is -0.391 e. The number of rotatable bonds is 2. The SMILES string of the molecule is C[C@H](O)[C@H](N)c1ccc(Cl)cc1.Cl. The summed E-state index contributed by atoms with van der Waals surface area (Å²) >= 11 is 5.69. The van der Waals surface area contributed by atoms with Gasteiger partial charge in [0.2, 0.25) is 0 Å². The molecule has 0 saturated heterocycles. The Hall–Kier alpha value is -0.280. The summed E-state index contributed by atoms with van der Waals surface area (Å²) in [6, 6.07) is 6.83. The summed E-state index contributed by atoms with van der Waals surface area (Å²) in [5.74, 6) is 0. The van der Waals surface area contributed by atoms with Gasteiger partial charge in [0.15, 0.2) is 0 Å². The summed E-state index contributed by atoms with van der Waals surface area (Å²) < 4.78 is 0. The second-order valence-corrected chi connectivity index (χ2v) is 3.25. The van der Waals surface area contributed by atoms with Crippen LogP contribution >= 0.6 is 24.0 Å². The fraction of sp³-hybridized carbons (Fsp3) is 0.333. The van der Waals surface area contributed by atoms with Crippen molar-refractivity contribution in [2.45, 2.75) is 19.1 Å². The maximum atomic E-state index is 9.19. The third kappa shape index (κ3) is 3.53. The normalized spacial score (nSPS) is 14.5. The van der Waals surface area contributed by atoms with E-state index in [4.69, 9.17) is 17.3 Å². The number of hydrogen-bond donors (Lipinski definition) is 2. The van der Waals surface area contributed by atoms with Crippen molar-refractivity contribution >= 4 is 24.0 Å². The fourth-order valence-corrected chi connectivity index (χ4v) is 1.09. The standard InChI is InChI=1S/C9H12ClNO.ClH/c1-6(12)9(11)7-2-4-8(10)5-3-7;/h2-6,9,12H,11H2,1H3;1H/t6-,9-;/m0./s1. The summed E-state index contributed by atoms with van der Waals surface area (Å²) in [6.07, 6.45) is -0.536. The molecule has 4 heteroatoms. The van der Waals surface area contributed by atoms with Gasteiger partial charge in [-0.05, 0) is 24.6 Å². The van der Waals surface area contributed by atoms with Crippen molar-refractivity contribution in [1.29, 1.82) is 0 Å². The van der Waals surface area contributed by atoms with Crippen LogP contribution in [-0.2, 0) is 0 Å². The van der Waals surface area contributed by atoms with Gasteiger partial charge in [-0.2, -0.15) is 0 Å². The quantitative estimate of drug-likeness (QED) is 0.805. The van der Waals surface area contributed by atoms with E-state index in [1.54, 1.807) is 19.1 Å². The largest absolute Gasteiger partial charge is 0.391 e. The lowest BCUT2D eigenvalue weighted by atomic mass is 10.0. The van der Waals surface area contributed by atoms with E-state index >= 15 is 0 Å². The van der Waals surface area contributed by atoms with Crippen LogP contribution in [0.15, 0.2) is 24.3 Å². The summed E-state index contributed by atoms with van der Waals surface area (Å²) in [6.45, 7) is 1.67. The molecule has 0 radical (unpaired) electrons. The highest BCUT2D eigenvalue weighted by Crippen LogP contribution is 2.16. The van der Waals surface area contributed by atoms with Crippen LogP contribution in [0.4, 0.5) is 0 Å². The van der Waals surface area contributed by atoms with Gasteiger partial charge < -0.3 is 10.8 Å². The summed E-state index contributed by atoms with van der Waals surface area (Å²) in [4.78, 5) is 0. The molecule has 1 aromatic rings. The Morgan fingerprint density at radius 1 is 1.31 bits per heavy atom. The Balaban J connectivity index is 0.00000144. The van der Waals surface area contributed by atoms with E-state index in [1.807, 2.05) is 12.1 Å². The number of aliphatic hydroxyl groups is 1. The minimum atomic E-state index is -0.536. The molecule has 74 valence electrons. The van der Waals surface area contributed by atoms with Gasteiger partial charge in [-0.15, -0.1) is 12.4 Å². The molecule has 3 N–H and O–H groups in total. The highest BCUT2D eigenvalue weighted by atomic mass is 35.5. The molecule has 1 aromatic carbocycles. The van der Waals surface area contributed by atoms with Crippen LogP contribution in [0.2, 0.25) is 5.02 Å². The molecular weight excluding hydrogens is 209 g/mol. The molecule has 0 heterocycles. The first-order chi connectivity index (χ1) is 5.61. The van der Waals surface area contributed by atoms with Gasteiger partial charge in [0.05, 0.1) is 12.1 Å². The Kier molecular flexibility index (Phi) is 5.33. The number of hydrogen-bond acceptors (Lipinski definition) is 2. The van der Waals surface area contributed by atoms with E-state index in [2.05, 4.69) is 0 Å². The van der Waals surface area contributed by atoms with Crippen LogP contribution in [0, 0.1) is 0 Å². The van der Waals surface area contributed by atoms with Crippen LogP contribution in [0.5, 0.6) is 0 Å². The van der Waals surface area contributed by atoms with Gasteiger partial charge in [-0.25, -0.2) is 0 Å². The van der Waals surface area contributed by atoms with Crippen molar-refractivity contribution < 1.29 is 5.11 Å². The third-order valence-corrected chi connectivity index (χ3v) is 2.03. The molecule has 0 spiro atoms. The Morgan fingerprint density at radius 2 is 1.77 bits per heavy atom. The zero-order chi connectivity index (χ0) is 9.14. The molecule has 0 saturated carbocycles. The first-order valence-corrected chi connectivity index (χ1v) is 4.18. The lowest BCUT2D eigenvalue weighted by molar-refractivity contribution is 0.164. The van der Waals surface area contributed by atoms with Crippen molar-refractivity contribution in [3.05, 3.63) is 34.9 Å². The molecule has 0 fully saturated rings. The maximum Gasteiger partial charge on any atom is 0.0704 e. The molecular formula is C9H13Cl2NO. The van der Waals surface area contributed by atoms with Crippen LogP contribution in [-0.4, -0.2) is 11.2 Å². The van der Waals surface area contributed by atoms with E-state index in [0.29, 0.717) is 5.02 Å². The predicted molar refractivity (Wildman–Crippen MR) is 57.3 cm³/mol. The monoisotopic (exact) mass is 221 g/mol. The minimum absolute atomic E-state index is 0. The highest BCUT2D eigenvalue weighted by molar-refractivity contribution is 6.30. The van der Waals surface area contributed by atoms with E-state index in [-0.39, 0.29) is 18.4 Å². The molecule has 0 bridgehead atoms. The van der Waals surface area contributed by atoms with Gasteiger partial charge in [0, 0.05) is 5.02 Å². The number of benzene rings is 1. The first-order valence-electron chi connectivity index (χ1n) is 3.80. The predicted octanol–water partition coefficient (Wildman–Crippen LogP) is 2.14. The lowest BCUT2D eigenvalue weighted by Gasteiger charge is -2.14. The summed E-state index contributed by atoms with van der Waals surface area (Å²) in [5, 5.41) is 9.86. The van der Waals surface area contributed by atoms with Gasteiger partial charge >= 0.3 is 0 Å². The summed E-state index contributed by atoms with van der Waals surface area (Å²) in [7, 11) is 0. The second kappa shape index (κ2) is 5.45. The molecule has 2 nitrogen and oxygen atoms in total. The maximum absolute atomic E-state index is 9.19. The van der Waals surface area contributed by atoms with Crippen molar-refractivity contribution in [2.24, 2.45) is 5.73 Å². The number of halogens is 2. The number of nitrogens with two attached hydrogens (primary N) is 1. The molecule has 0 aliphatic rings. The average Bonchev–Trinajstić information content (AvgIpc) is 2.04. The molecule has 0 aliphatic heterocycles. The Bertz CT molecular complexity index is 248. The zero-order valence-corrected chi connectivity index (χ0v) is 8.85. The zero-order valence-electron chi connectivity index (χ0n) is 7.27. The molecule has 0 aromatic heterocycles. The van der Waals surface area contributed by atoms with Gasteiger partial charge in [-0.3, -0.25) is 0 Å². The van der Waals surface area contributed by atoms with E-state index in [0.717, 1.165) is 5.56 Å². The first kappa shape index (κ1) is 12.7. The van der Waals surface area contributed by atoms with Crippen LogP contribution < -0.4 is 5.73 Å². The van der Waals surface area contributed by atoms with E-state index < -0.39 is 6.10 Å². The van der Waals surface area contributed by atoms with Crippen molar-refractivity contribution in [3.63, 3.8) is 0 Å². The van der Waals surface area contributed by atoms with Gasteiger partial charge in [0.1, 0.15) is 0 Å².